The number of carboxylic acids is 1. The van der Waals surface area contributed by atoms with Crippen molar-refractivity contribution in [2.24, 2.45) is 0 Å². The average Bonchev–Trinajstić information content (AvgIpc) is 2.67. The molecule has 0 amide bonds. The molecule has 1 N–H and O–H groups in total. The van der Waals surface area contributed by atoms with Crippen LogP contribution < -0.4 is 0 Å². The molecule has 0 unspecified atom stereocenters. The fourth-order valence-electron chi connectivity index (χ4n) is 2.54. The normalized spacial score (nSPS) is 12.1. The van der Waals surface area contributed by atoms with E-state index in [0.29, 0.717) is 6.42 Å². The number of hydrogen-bond donors (Lipinski definition) is 1. The Morgan fingerprint density at radius 2 is 1.95 bits per heavy atom. The predicted octanol–water partition coefficient (Wildman–Crippen LogP) is 4.30. The first-order valence-electron chi connectivity index (χ1n) is 6.56. The summed E-state index contributed by atoms with van der Waals surface area (Å²) >= 11 is 0. The van der Waals surface area contributed by atoms with E-state index in [4.69, 9.17) is 4.42 Å². The van der Waals surface area contributed by atoms with Gasteiger partial charge in [0.15, 0.2) is 0 Å². The van der Waals surface area contributed by atoms with Gasteiger partial charge in [-0.15, -0.1) is 0 Å². The van der Waals surface area contributed by atoms with Crippen LogP contribution in [0.5, 0.6) is 0 Å². The Hall–Kier alpha value is -1.77. The quantitative estimate of drug-likeness (QED) is 0.875. The van der Waals surface area contributed by atoms with Crippen LogP contribution in [0.2, 0.25) is 0 Å². The molecule has 2 aromatic rings. The van der Waals surface area contributed by atoms with Crippen molar-refractivity contribution in [1.29, 1.82) is 0 Å². The molecule has 102 valence electrons. The molecular weight excluding hydrogens is 240 g/mol. The number of carbonyl (C=O) groups is 1. The van der Waals surface area contributed by atoms with E-state index < -0.39 is 5.97 Å². The van der Waals surface area contributed by atoms with Crippen LogP contribution in [-0.4, -0.2) is 11.1 Å². The maximum Gasteiger partial charge on any atom is 0.372 e. The lowest BCUT2D eigenvalue weighted by Gasteiger charge is -2.19. The number of fused-ring (bicyclic) bond motifs is 1. The Bertz CT molecular complexity index is 642. The van der Waals surface area contributed by atoms with Gasteiger partial charge in [0.1, 0.15) is 5.58 Å². The third-order valence-corrected chi connectivity index (χ3v) is 3.50. The largest absolute Gasteiger partial charge is 0.475 e. The molecule has 1 heterocycles. The first-order chi connectivity index (χ1) is 8.77. The monoisotopic (exact) mass is 260 g/mol. The topological polar surface area (TPSA) is 50.4 Å². The van der Waals surface area contributed by atoms with E-state index in [1.54, 1.807) is 0 Å². The summed E-state index contributed by atoms with van der Waals surface area (Å²) in [4.78, 5) is 11.3. The van der Waals surface area contributed by atoms with Crippen LogP contribution in [0.1, 0.15) is 54.9 Å². The summed E-state index contributed by atoms with van der Waals surface area (Å²) < 4.78 is 5.69. The highest BCUT2D eigenvalue weighted by Gasteiger charge is 2.25. The van der Waals surface area contributed by atoms with E-state index >= 15 is 0 Å². The molecule has 0 atom stereocenters. The third-order valence-electron chi connectivity index (χ3n) is 3.50. The molecule has 3 heteroatoms. The molecule has 0 aliphatic rings. The van der Waals surface area contributed by atoms with Crippen molar-refractivity contribution in [3.05, 3.63) is 34.6 Å². The van der Waals surface area contributed by atoms with Gasteiger partial charge in [-0.25, -0.2) is 4.79 Å². The number of aryl methyl sites for hydroxylation is 2. The zero-order valence-corrected chi connectivity index (χ0v) is 12.1. The maximum absolute atomic E-state index is 11.3. The van der Waals surface area contributed by atoms with Gasteiger partial charge in [-0.05, 0) is 24.3 Å². The van der Waals surface area contributed by atoms with Gasteiger partial charge >= 0.3 is 5.97 Å². The lowest BCUT2D eigenvalue weighted by Crippen LogP contribution is -2.11. The summed E-state index contributed by atoms with van der Waals surface area (Å²) in [7, 11) is 0. The molecule has 1 aromatic heterocycles. The van der Waals surface area contributed by atoms with Crippen molar-refractivity contribution >= 4 is 16.9 Å². The van der Waals surface area contributed by atoms with Gasteiger partial charge in [0.2, 0.25) is 5.76 Å². The van der Waals surface area contributed by atoms with Gasteiger partial charge in [0.25, 0.3) is 0 Å². The minimum absolute atomic E-state index is 0.0788. The Morgan fingerprint density at radius 3 is 2.42 bits per heavy atom. The van der Waals surface area contributed by atoms with Gasteiger partial charge in [-0.2, -0.15) is 0 Å². The summed E-state index contributed by atoms with van der Waals surface area (Å²) in [5.74, 6) is -0.912. The number of furan rings is 1. The molecule has 0 radical (unpaired) electrons. The molecule has 0 saturated carbocycles. The second kappa shape index (κ2) is 4.41. The highest BCUT2D eigenvalue weighted by Crippen LogP contribution is 2.36. The van der Waals surface area contributed by atoms with Crippen LogP contribution in [0, 0.1) is 6.92 Å². The van der Waals surface area contributed by atoms with E-state index in [1.165, 1.54) is 0 Å². The van der Waals surface area contributed by atoms with Crippen LogP contribution in [-0.2, 0) is 11.8 Å². The van der Waals surface area contributed by atoms with Gasteiger partial charge in [-0.1, -0.05) is 39.8 Å². The van der Waals surface area contributed by atoms with Crippen LogP contribution in [0.25, 0.3) is 11.0 Å². The van der Waals surface area contributed by atoms with Crippen LogP contribution in [0.3, 0.4) is 0 Å². The first-order valence-corrected chi connectivity index (χ1v) is 6.56. The summed E-state index contributed by atoms with van der Waals surface area (Å²) in [6, 6.07) is 4.08. The van der Waals surface area contributed by atoms with Crippen molar-refractivity contribution in [2.45, 2.75) is 46.5 Å². The molecule has 2 rings (SSSR count). The van der Waals surface area contributed by atoms with Gasteiger partial charge in [-0.3, -0.25) is 0 Å². The van der Waals surface area contributed by atoms with Gasteiger partial charge in [0, 0.05) is 16.5 Å². The Balaban J connectivity index is 2.93. The van der Waals surface area contributed by atoms with Crippen LogP contribution >= 0.6 is 0 Å². The van der Waals surface area contributed by atoms with E-state index in [-0.39, 0.29) is 11.2 Å². The zero-order chi connectivity index (χ0) is 14.4. The van der Waals surface area contributed by atoms with Gasteiger partial charge < -0.3 is 9.52 Å². The highest BCUT2D eigenvalue weighted by molar-refractivity contribution is 5.97. The van der Waals surface area contributed by atoms with Crippen molar-refractivity contribution in [2.75, 3.05) is 0 Å². The maximum atomic E-state index is 11.3. The molecule has 0 aliphatic heterocycles. The molecular formula is C16H20O3. The number of hydrogen-bond acceptors (Lipinski definition) is 2. The summed E-state index contributed by atoms with van der Waals surface area (Å²) in [6.45, 7) is 10.3. The zero-order valence-electron chi connectivity index (χ0n) is 12.1. The fourth-order valence-corrected chi connectivity index (χ4v) is 2.54. The SMILES string of the molecule is CCc1c(C(=O)O)oc2c(C(C)(C)C)ccc(C)c12. The van der Waals surface area contributed by atoms with Crippen molar-refractivity contribution < 1.29 is 14.3 Å². The number of benzene rings is 1. The molecule has 0 aliphatic carbocycles. The number of rotatable bonds is 2. The molecule has 19 heavy (non-hydrogen) atoms. The smallest absolute Gasteiger partial charge is 0.372 e. The number of carboxylic acid groups (broad SMARTS) is 1. The lowest BCUT2D eigenvalue weighted by molar-refractivity contribution is 0.0663. The highest BCUT2D eigenvalue weighted by atomic mass is 16.4. The minimum atomic E-state index is -0.993. The van der Waals surface area contributed by atoms with E-state index in [0.717, 1.165) is 27.7 Å². The Kier molecular flexibility index (Phi) is 3.17. The molecule has 0 spiro atoms. The first kappa shape index (κ1) is 13.7. The molecule has 3 nitrogen and oxygen atoms in total. The minimum Gasteiger partial charge on any atom is -0.475 e. The standard InChI is InChI=1S/C16H20O3/c1-6-10-12-9(2)7-8-11(16(3,4)5)14(12)19-13(10)15(17)18/h7-8H,6H2,1-5H3,(H,17,18). The van der Waals surface area contributed by atoms with Crippen LogP contribution in [0.15, 0.2) is 16.5 Å². The molecule has 0 saturated heterocycles. The van der Waals surface area contributed by atoms with Crippen molar-refractivity contribution in [3.63, 3.8) is 0 Å². The molecule has 0 fully saturated rings. The van der Waals surface area contributed by atoms with Gasteiger partial charge in [0.05, 0.1) is 0 Å². The fraction of sp³-hybridized carbons (Fsp3) is 0.438. The molecule has 0 bridgehead atoms. The summed E-state index contributed by atoms with van der Waals surface area (Å²) in [5.41, 5.74) is 3.56. The van der Waals surface area contributed by atoms with E-state index in [2.05, 4.69) is 20.8 Å². The molecule has 1 aromatic carbocycles. The van der Waals surface area contributed by atoms with Crippen molar-refractivity contribution in [1.82, 2.24) is 0 Å². The third kappa shape index (κ3) is 2.14. The Labute approximate surface area is 113 Å². The van der Waals surface area contributed by atoms with E-state index in [1.807, 2.05) is 26.0 Å². The predicted molar refractivity (Wildman–Crippen MR) is 76.0 cm³/mol. The second-order valence-corrected chi connectivity index (χ2v) is 5.95. The summed E-state index contributed by atoms with van der Waals surface area (Å²) in [6.07, 6.45) is 0.656. The van der Waals surface area contributed by atoms with E-state index in [9.17, 15) is 9.90 Å². The van der Waals surface area contributed by atoms with Crippen molar-refractivity contribution in [3.8, 4) is 0 Å². The average molecular weight is 260 g/mol. The summed E-state index contributed by atoms with van der Waals surface area (Å²) in [5, 5.41) is 10.3. The lowest BCUT2D eigenvalue weighted by atomic mass is 9.85. The number of aromatic carboxylic acids is 1. The second-order valence-electron chi connectivity index (χ2n) is 5.95. The Morgan fingerprint density at radius 1 is 1.32 bits per heavy atom. The van der Waals surface area contributed by atoms with Crippen LogP contribution in [0.4, 0.5) is 0 Å².